The standard InChI is InChI=1S/C16H21NO3/c1-17-12-5-6-13(17)10-15(9-12)20-16(18)11-3-7-14(19-2)8-4-11/h3-4,7-8,12-13,15H,5-6,9-10H2,1-2H3/t12-,13+,15?. The van der Waals surface area contributed by atoms with E-state index in [1.807, 2.05) is 0 Å². The van der Waals surface area contributed by atoms with Crippen molar-refractivity contribution >= 4 is 5.97 Å². The maximum atomic E-state index is 12.2. The molecule has 2 heterocycles. The Balaban J connectivity index is 1.61. The summed E-state index contributed by atoms with van der Waals surface area (Å²) < 4.78 is 10.8. The molecule has 0 amide bonds. The molecule has 108 valence electrons. The van der Waals surface area contributed by atoms with E-state index in [-0.39, 0.29) is 12.1 Å². The molecule has 20 heavy (non-hydrogen) atoms. The summed E-state index contributed by atoms with van der Waals surface area (Å²) in [5, 5.41) is 0. The van der Waals surface area contributed by atoms with Crippen molar-refractivity contribution in [2.75, 3.05) is 14.2 Å². The van der Waals surface area contributed by atoms with Crippen LogP contribution in [-0.4, -0.2) is 43.2 Å². The third-order valence-corrected chi connectivity index (χ3v) is 4.65. The molecule has 2 bridgehead atoms. The molecular formula is C16H21NO3. The molecular weight excluding hydrogens is 254 g/mol. The number of fused-ring (bicyclic) bond motifs is 2. The number of piperidine rings is 1. The molecule has 0 aromatic heterocycles. The summed E-state index contributed by atoms with van der Waals surface area (Å²) in [6, 6.07) is 8.25. The van der Waals surface area contributed by atoms with Gasteiger partial charge in [0.15, 0.2) is 0 Å². The van der Waals surface area contributed by atoms with Crippen molar-refractivity contribution < 1.29 is 14.3 Å². The first-order valence-electron chi connectivity index (χ1n) is 7.24. The van der Waals surface area contributed by atoms with E-state index >= 15 is 0 Å². The molecule has 1 aromatic carbocycles. The summed E-state index contributed by atoms with van der Waals surface area (Å²) in [5.74, 6) is 0.528. The number of carbonyl (C=O) groups is 1. The SMILES string of the molecule is COc1ccc(C(=O)OC2C[C@H]3CC[C@@H](C2)N3C)cc1. The molecule has 2 fully saturated rings. The first kappa shape index (κ1) is 13.4. The van der Waals surface area contributed by atoms with Crippen LogP contribution in [0.2, 0.25) is 0 Å². The molecule has 3 rings (SSSR count). The number of hydrogen-bond acceptors (Lipinski definition) is 4. The van der Waals surface area contributed by atoms with Crippen LogP contribution in [0, 0.1) is 0 Å². The molecule has 2 saturated heterocycles. The summed E-state index contributed by atoms with van der Waals surface area (Å²) in [6.45, 7) is 0. The van der Waals surface area contributed by atoms with Gasteiger partial charge in [0.1, 0.15) is 11.9 Å². The molecule has 1 unspecified atom stereocenters. The van der Waals surface area contributed by atoms with E-state index in [9.17, 15) is 4.79 Å². The highest BCUT2D eigenvalue weighted by molar-refractivity contribution is 5.89. The van der Waals surface area contributed by atoms with Gasteiger partial charge in [-0.2, -0.15) is 0 Å². The molecule has 4 heteroatoms. The van der Waals surface area contributed by atoms with Crippen LogP contribution in [0.15, 0.2) is 24.3 Å². The highest BCUT2D eigenvalue weighted by Crippen LogP contribution is 2.35. The molecule has 0 spiro atoms. The van der Waals surface area contributed by atoms with Gasteiger partial charge in [-0.3, -0.25) is 0 Å². The average molecular weight is 275 g/mol. The zero-order chi connectivity index (χ0) is 14.1. The number of rotatable bonds is 3. The van der Waals surface area contributed by atoms with E-state index in [1.54, 1.807) is 31.4 Å². The molecule has 0 saturated carbocycles. The van der Waals surface area contributed by atoms with Crippen LogP contribution in [0.25, 0.3) is 0 Å². The quantitative estimate of drug-likeness (QED) is 0.794. The topological polar surface area (TPSA) is 38.8 Å². The fourth-order valence-electron chi connectivity index (χ4n) is 3.40. The van der Waals surface area contributed by atoms with Crippen LogP contribution in [0.4, 0.5) is 0 Å². The zero-order valence-electron chi connectivity index (χ0n) is 12.0. The monoisotopic (exact) mass is 275 g/mol. The number of carbonyl (C=O) groups excluding carboxylic acids is 1. The van der Waals surface area contributed by atoms with Gasteiger partial charge in [-0.25, -0.2) is 4.79 Å². The van der Waals surface area contributed by atoms with Crippen LogP contribution in [0.3, 0.4) is 0 Å². The van der Waals surface area contributed by atoms with Crippen LogP contribution < -0.4 is 4.74 Å². The first-order chi connectivity index (χ1) is 9.67. The first-order valence-corrected chi connectivity index (χ1v) is 7.24. The van der Waals surface area contributed by atoms with E-state index in [1.165, 1.54) is 12.8 Å². The maximum absolute atomic E-state index is 12.2. The van der Waals surface area contributed by atoms with Gasteiger partial charge >= 0.3 is 5.97 Å². The molecule has 4 nitrogen and oxygen atoms in total. The number of nitrogens with zero attached hydrogens (tertiary/aromatic N) is 1. The summed E-state index contributed by atoms with van der Waals surface area (Å²) in [6.07, 6.45) is 4.47. The van der Waals surface area contributed by atoms with Crippen LogP contribution in [0.1, 0.15) is 36.0 Å². The number of hydrogen-bond donors (Lipinski definition) is 0. The molecule has 2 aliphatic rings. The molecule has 2 aliphatic heterocycles. The third kappa shape index (κ3) is 2.52. The van der Waals surface area contributed by atoms with Gasteiger partial charge in [-0.15, -0.1) is 0 Å². The molecule has 1 aromatic rings. The Hall–Kier alpha value is -1.55. The Morgan fingerprint density at radius 3 is 2.30 bits per heavy atom. The average Bonchev–Trinajstić information content (AvgIpc) is 2.69. The lowest BCUT2D eigenvalue weighted by Gasteiger charge is -2.35. The van der Waals surface area contributed by atoms with Gasteiger partial charge in [-0.05, 0) is 44.2 Å². The smallest absolute Gasteiger partial charge is 0.338 e. The molecule has 0 radical (unpaired) electrons. The van der Waals surface area contributed by atoms with E-state index in [2.05, 4.69) is 11.9 Å². The number of esters is 1. The zero-order valence-corrected chi connectivity index (χ0v) is 12.0. The van der Waals surface area contributed by atoms with Gasteiger partial charge in [0.2, 0.25) is 0 Å². The van der Waals surface area contributed by atoms with Gasteiger partial charge in [0, 0.05) is 24.9 Å². The second-order valence-electron chi connectivity index (χ2n) is 5.78. The Labute approximate surface area is 119 Å². The second-order valence-corrected chi connectivity index (χ2v) is 5.78. The number of methoxy groups -OCH3 is 1. The van der Waals surface area contributed by atoms with Gasteiger partial charge in [-0.1, -0.05) is 0 Å². The Morgan fingerprint density at radius 2 is 1.75 bits per heavy atom. The number of benzene rings is 1. The molecule has 0 aliphatic carbocycles. The minimum atomic E-state index is -0.221. The molecule has 3 atom stereocenters. The fraction of sp³-hybridized carbons (Fsp3) is 0.562. The largest absolute Gasteiger partial charge is 0.497 e. The highest BCUT2D eigenvalue weighted by atomic mass is 16.5. The van der Waals surface area contributed by atoms with Crippen molar-refractivity contribution in [1.82, 2.24) is 4.90 Å². The van der Waals surface area contributed by atoms with Crippen LogP contribution in [0.5, 0.6) is 5.75 Å². The van der Waals surface area contributed by atoms with Crippen molar-refractivity contribution in [3.05, 3.63) is 29.8 Å². The maximum Gasteiger partial charge on any atom is 0.338 e. The van der Waals surface area contributed by atoms with E-state index in [0.717, 1.165) is 18.6 Å². The van der Waals surface area contributed by atoms with Crippen molar-refractivity contribution in [3.63, 3.8) is 0 Å². The van der Waals surface area contributed by atoms with Crippen molar-refractivity contribution in [2.45, 2.75) is 43.9 Å². The summed E-state index contributed by atoms with van der Waals surface area (Å²) in [7, 11) is 3.80. The lowest BCUT2D eigenvalue weighted by Crippen LogP contribution is -2.43. The third-order valence-electron chi connectivity index (χ3n) is 4.65. The van der Waals surface area contributed by atoms with Crippen molar-refractivity contribution in [2.24, 2.45) is 0 Å². The van der Waals surface area contributed by atoms with Crippen LogP contribution in [-0.2, 0) is 4.74 Å². The highest BCUT2D eigenvalue weighted by Gasteiger charge is 2.39. The Kier molecular flexibility index (Phi) is 3.66. The lowest BCUT2D eigenvalue weighted by molar-refractivity contribution is -0.000449. The minimum Gasteiger partial charge on any atom is -0.497 e. The van der Waals surface area contributed by atoms with Crippen molar-refractivity contribution in [3.8, 4) is 5.75 Å². The normalized spacial score (nSPS) is 29.2. The van der Waals surface area contributed by atoms with E-state index < -0.39 is 0 Å². The van der Waals surface area contributed by atoms with E-state index in [0.29, 0.717) is 17.6 Å². The van der Waals surface area contributed by atoms with E-state index in [4.69, 9.17) is 9.47 Å². The predicted molar refractivity (Wildman–Crippen MR) is 76.0 cm³/mol. The lowest BCUT2D eigenvalue weighted by atomic mass is 10.0. The predicted octanol–water partition coefficient (Wildman–Crippen LogP) is 2.48. The summed E-state index contributed by atoms with van der Waals surface area (Å²) in [5.41, 5.74) is 0.595. The van der Waals surface area contributed by atoms with Crippen LogP contribution >= 0.6 is 0 Å². The van der Waals surface area contributed by atoms with Crippen molar-refractivity contribution in [1.29, 1.82) is 0 Å². The fourth-order valence-corrected chi connectivity index (χ4v) is 3.40. The van der Waals surface area contributed by atoms with Gasteiger partial charge in [0.05, 0.1) is 12.7 Å². The van der Waals surface area contributed by atoms with Gasteiger partial charge in [0.25, 0.3) is 0 Å². The Bertz CT molecular complexity index is 471. The summed E-state index contributed by atoms with van der Waals surface area (Å²) >= 11 is 0. The number of ether oxygens (including phenoxy) is 2. The minimum absolute atomic E-state index is 0.0679. The summed E-state index contributed by atoms with van der Waals surface area (Å²) in [4.78, 5) is 14.6. The Morgan fingerprint density at radius 1 is 1.15 bits per heavy atom. The van der Waals surface area contributed by atoms with Gasteiger partial charge < -0.3 is 14.4 Å². The second kappa shape index (κ2) is 5.44. The molecule has 0 N–H and O–H groups in total.